The molecule has 2 unspecified atom stereocenters. The summed E-state index contributed by atoms with van der Waals surface area (Å²) in [5.41, 5.74) is 0.465. The van der Waals surface area contributed by atoms with Gasteiger partial charge in [0, 0.05) is 23.6 Å². The molecule has 0 aromatic heterocycles. The largest absolute Gasteiger partial charge is 0.480 e. The number of benzene rings is 1. The SMILES string of the molecule is CC(=O)NC(CSC1CC(=O)N(c2ccccc2Br)C1=O)C(=O)O. The Morgan fingerprint density at radius 1 is 1.42 bits per heavy atom. The standard InChI is InChI=1S/C15H15BrN2O5S/c1-8(19)17-10(15(22)23)7-24-12-6-13(20)18(14(12)21)11-5-3-2-4-9(11)16/h2-5,10,12H,6-7H2,1H3,(H,17,19)(H,22,23). The Balaban J connectivity index is 2.07. The van der Waals surface area contributed by atoms with Gasteiger partial charge in [0.15, 0.2) is 0 Å². The lowest BCUT2D eigenvalue weighted by molar-refractivity contribution is -0.140. The number of nitrogens with zero attached hydrogens (tertiary/aromatic N) is 1. The Bertz CT molecular complexity index is 696. The highest BCUT2D eigenvalue weighted by molar-refractivity contribution is 9.10. The number of thioether (sulfide) groups is 1. The Morgan fingerprint density at radius 3 is 2.67 bits per heavy atom. The lowest BCUT2D eigenvalue weighted by Gasteiger charge is -2.17. The minimum Gasteiger partial charge on any atom is -0.480 e. The Morgan fingerprint density at radius 2 is 2.08 bits per heavy atom. The number of carbonyl (C=O) groups excluding carboxylic acids is 3. The first-order valence-corrected chi connectivity index (χ1v) is 8.88. The van der Waals surface area contributed by atoms with Crippen LogP contribution in [-0.2, 0) is 19.2 Å². The molecule has 0 bridgehead atoms. The fourth-order valence-electron chi connectivity index (χ4n) is 2.25. The van der Waals surface area contributed by atoms with Crippen molar-refractivity contribution >= 4 is 57.1 Å². The third kappa shape index (κ3) is 4.15. The summed E-state index contributed by atoms with van der Waals surface area (Å²) in [6.07, 6.45) is -0.00273. The maximum atomic E-state index is 12.5. The Hall–Kier alpha value is -1.87. The molecular weight excluding hydrogens is 400 g/mol. The monoisotopic (exact) mass is 414 g/mol. The van der Waals surface area contributed by atoms with E-state index < -0.39 is 23.2 Å². The molecule has 2 N–H and O–H groups in total. The molecule has 1 saturated heterocycles. The predicted molar refractivity (Wildman–Crippen MR) is 92.7 cm³/mol. The summed E-state index contributed by atoms with van der Waals surface area (Å²) in [5.74, 6) is -2.37. The summed E-state index contributed by atoms with van der Waals surface area (Å²) < 4.78 is 0.624. The van der Waals surface area contributed by atoms with E-state index in [2.05, 4.69) is 21.2 Å². The van der Waals surface area contributed by atoms with E-state index in [9.17, 15) is 19.2 Å². The number of imide groups is 1. The number of aliphatic carboxylic acids is 1. The number of carbonyl (C=O) groups is 4. The number of carboxylic acid groups (broad SMARTS) is 1. The van der Waals surface area contributed by atoms with Crippen molar-refractivity contribution in [3.05, 3.63) is 28.7 Å². The van der Waals surface area contributed by atoms with E-state index in [4.69, 9.17) is 5.11 Å². The molecule has 1 heterocycles. The third-order valence-corrected chi connectivity index (χ3v) is 5.31. The van der Waals surface area contributed by atoms with Crippen molar-refractivity contribution in [3.63, 3.8) is 0 Å². The van der Waals surface area contributed by atoms with Crippen molar-refractivity contribution in [2.45, 2.75) is 24.6 Å². The van der Waals surface area contributed by atoms with Gasteiger partial charge in [-0.15, -0.1) is 11.8 Å². The Labute approximate surface area is 150 Å². The van der Waals surface area contributed by atoms with Crippen molar-refractivity contribution in [2.75, 3.05) is 10.7 Å². The zero-order valence-corrected chi connectivity index (χ0v) is 15.1. The normalized spacial score (nSPS) is 18.6. The van der Waals surface area contributed by atoms with Crippen LogP contribution < -0.4 is 10.2 Å². The number of nitrogens with one attached hydrogen (secondary N) is 1. The van der Waals surface area contributed by atoms with Gasteiger partial charge < -0.3 is 10.4 Å². The van der Waals surface area contributed by atoms with Gasteiger partial charge in [-0.2, -0.15) is 0 Å². The zero-order chi connectivity index (χ0) is 17.9. The van der Waals surface area contributed by atoms with Crippen LogP contribution in [0.15, 0.2) is 28.7 Å². The van der Waals surface area contributed by atoms with Gasteiger partial charge >= 0.3 is 5.97 Å². The first kappa shape index (κ1) is 18.5. The van der Waals surface area contributed by atoms with Crippen LogP contribution in [0.4, 0.5) is 5.69 Å². The van der Waals surface area contributed by atoms with Crippen LogP contribution in [-0.4, -0.2) is 45.8 Å². The van der Waals surface area contributed by atoms with Crippen LogP contribution in [0.2, 0.25) is 0 Å². The molecule has 1 fully saturated rings. The van der Waals surface area contributed by atoms with Gasteiger partial charge in [-0.05, 0) is 28.1 Å². The van der Waals surface area contributed by atoms with Gasteiger partial charge in [0.25, 0.3) is 0 Å². The molecule has 0 spiro atoms. The summed E-state index contributed by atoms with van der Waals surface area (Å²) in [6.45, 7) is 1.22. The maximum absolute atomic E-state index is 12.5. The smallest absolute Gasteiger partial charge is 0.327 e. The first-order chi connectivity index (χ1) is 11.3. The fraction of sp³-hybridized carbons (Fsp3) is 0.333. The van der Waals surface area contributed by atoms with E-state index in [-0.39, 0.29) is 24.0 Å². The molecule has 3 amide bonds. The molecule has 0 radical (unpaired) electrons. The van der Waals surface area contributed by atoms with Gasteiger partial charge in [0.2, 0.25) is 17.7 Å². The van der Waals surface area contributed by atoms with E-state index in [1.54, 1.807) is 24.3 Å². The molecular formula is C15H15BrN2O5S. The topological polar surface area (TPSA) is 104 Å². The Kier molecular flexibility index (Phi) is 6.00. The lowest BCUT2D eigenvalue weighted by Crippen LogP contribution is -2.42. The maximum Gasteiger partial charge on any atom is 0.327 e. The number of hydrogen-bond acceptors (Lipinski definition) is 5. The van der Waals surface area contributed by atoms with Crippen LogP contribution >= 0.6 is 27.7 Å². The highest BCUT2D eigenvalue weighted by Gasteiger charge is 2.41. The van der Waals surface area contributed by atoms with Crippen molar-refractivity contribution in [1.29, 1.82) is 0 Å². The van der Waals surface area contributed by atoms with Crippen LogP contribution in [0.5, 0.6) is 0 Å². The highest BCUT2D eigenvalue weighted by Crippen LogP contribution is 2.34. The van der Waals surface area contributed by atoms with E-state index in [0.29, 0.717) is 10.2 Å². The number of hydrogen-bond donors (Lipinski definition) is 2. The van der Waals surface area contributed by atoms with Crippen molar-refractivity contribution < 1.29 is 24.3 Å². The summed E-state index contributed by atoms with van der Waals surface area (Å²) >= 11 is 4.37. The molecule has 1 aromatic carbocycles. The van der Waals surface area contributed by atoms with E-state index >= 15 is 0 Å². The number of halogens is 1. The molecule has 1 aliphatic heterocycles. The van der Waals surface area contributed by atoms with Gasteiger partial charge in [-0.25, -0.2) is 9.69 Å². The molecule has 0 saturated carbocycles. The minimum atomic E-state index is -1.18. The molecule has 7 nitrogen and oxygen atoms in total. The minimum absolute atomic E-state index is 0.00238. The molecule has 1 aromatic rings. The number of carboxylic acids is 1. The van der Waals surface area contributed by atoms with Gasteiger partial charge in [-0.3, -0.25) is 14.4 Å². The van der Waals surface area contributed by atoms with Crippen LogP contribution in [0.3, 0.4) is 0 Å². The number of anilines is 1. The van der Waals surface area contributed by atoms with Crippen LogP contribution in [0, 0.1) is 0 Å². The summed E-state index contributed by atoms with van der Waals surface area (Å²) in [5, 5.41) is 10.7. The second kappa shape index (κ2) is 7.80. The van der Waals surface area contributed by atoms with Gasteiger partial charge in [0.05, 0.1) is 10.9 Å². The predicted octanol–water partition coefficient (Wildman–Crippen LogP) is 1.40. The van der Waals surface area contributed by atoms with Crippen molar-refractivity contribution in [3.8, 4) is 0 Å². The highest BCUT2D eigenvalue weighted by atomic mass is 79.9. The van der Waals surface area contributed by atoms with E-state index in [1.165, 1.54) is 6.92 Å². The van der Waals surface area contributed by atoms with Crippen molar-refractivity contribution in [1.82, 2.24) is 5.32 Å². The summed E-state index contributed by atoms with van der Waals surface area (Å²) in [4.78, 5) is 47.9. The molecule has 24 heavy (non-hydrogen) atoms. The summed E-state index contributed by atoms with van der Waals surface area (Å²) in [7, 11) is 0. The van der Waals surface area contributed by atoms with Gasteiger partial charge in [-0.1, -0.05) is 12.1 Å². The van der Waals surface area contributed by atoms with E-state index in [0.717, 1.165) is 16.7 Å². The first-order valence-electron chi connectivity index (χ1n) is 7.04. The number of amides is 3. The van der Waals surface area contributed by atoms with Crippen molar-refractivity contribution in [2.24, 2.45) is 0 Å². The average molecular weight is 415 g/mol. The number of rotatable bonds is 6. The molecule has 2 rings (SSSR count). The zero-order valence-electron chi connectivity index (χ0n) is 12.7. The molecule has 128 valence electrons. The van der Waals surface area contributed by atoms with E-state index in [1.807, 2.05) is 0 Å². The molecule has 0 aliphatic carbocycles. The molecule has 2 atom stereocenters. The quantitative estimate of drug-likeness (QED) is 0.681. The molecule has 1 aliphatic rings. The van der Waals surface area contributed by atoms with Gasteiger partial charge in [0.1, 0.15) is 6.04 Å². The molecule has 9 heteroatoms. The number of para-hydroxylation sites is 1. The van der Waals surface area contributed by atoms with Crippen LogP contribution in [0.25, 0.3) is 0 Å². The average Bonchev–Trinajstić information content (AvgIpc) is 2.78. The fourth-order valence-corrected chi connectivity index (χ4v) is 3.87. The lowest BCUT2D eigenvalue weighted by atomic mass is 10.3. The third-order valence-electron chi connectivity index (χ3n) is 3.34. The summed E-state index contributed by atoms with van der Waals surface area (Å²) in [6, 6.07) is 5.78. The van der Waals surface area contributed by atoms with Crippen LogP contribution in [0.1, 0.15) is 13.3 Å². The second-order valence-electron chi connectivity index (χ2n) is 5.14. The second-order valence-corrected chi connectivity index (χ2v) is 7.23.